The average Bonchev–Trinajstić information content (AvgIpc) is 2.46. The molecule has 3 nitrogen and oxygen atoms in total. The number of Topliss-reactive ketones (excluding diaryl/α,β-unsaturated/α-hetero) is 1. The van der Waals surface area contributed by atoms with Gasteiger partial charge in [-0.1, -0.05) is 30.3 Å². The number of ether oxygens (including phenoxy) is 1. The van der Waals surface area contributed by atoms with E-state index in [9.17, 15) is 10.1 Å². The zero-order valence-corrected chi connectivity index (χ0v) is 10.9. The van der Waals surface area contributed by atoms with Gasteiger partial charge in [0.15, 0.2) is 0 Å². The van der Waals surface area contributed by atoms with Crippen LogP contribution in [0.4, 0.5) is 0 Å². The highest BCUT2D eigenvalue weighted by molar-refractivity contribution is 5.90. The van der Waals surface area contributed by atoms with Gasteiger partial charge in [-0.15, -0.1) is 0 Å². The number of nitriles is 1. The molecule has 0 radical (unpaired) electrons. The number of nitrogens with zero attached hydrogens (tertiary/aromatic N) is 1. The van der Waals surface area contributed by atoms with Crippen molar-refractivity contribution in [2.24, 2.45) is 0 Å². The summed E-state index contributed by atoms with van der Waals surface area (Å²) in [6.45, 7) is 0. The van der Waals surface area contributed by atoms with Crippen molar-refractivity contribution in [3.05, 3.63) is 60.2 Å². The second kappa shape index (κ2) is 4.82. The van der Waals surface area contributed by atoms with Crippen LogP contribution in [0.3, 0.4) is 0 Å². The molecule has 98 valence electrons. The molecule has 0 saturated heterocycles. The van der Waals surface area contributed by atoms with Crippen LogP contribution in [0.2, 0.25) is 0 Å². The first-order valence-corrected chi connectivity index (χ1v) is 6.48. The highest BCUT2D eigenvalue weighted by Crippen LogP contribution is 2.41. The Morgan fingerprint density at radius 3 is 2.10 bits per heavy atom. The van der Waals surface area contributed by atoms with Crippen molar-refractivity contribution < 1.29 is 9.53 Å². The highest BCUT2D eigenvalue weighted by Gasteiger charge is 2.45. The summed E-state index contributed by atoms with van der Waals surface area (Å²) in [5.74, 6) is 1.64. The minimum absolute atomic E-state index is 0.149. The normalized spacial score (nSPS) is 16.1. The van der Waals surface area contributed by atoms with Crippen molar-refractivity contribution in [2.45, 2.75) is 18.3 Å². The van der Waals surface area contributed by atoms with E-state index in [0.717, 1.165) is 17.1 Å². The number of carbonyl (C=O) groups is 1. The Morgan fingerprint density at radius 2 is 1.55 bits per heavy atom. The summed E-state index contributed by atoms with van der Waals surface area (Å²) >= 11 is 0. The molecular weight excluding hydrogens is 250 g/mol. The van der Waals surface area contributed by atoms with E-state index < -0.39 is 5.41 Å². The van der Waals surface area contributed by atoms with Crippen molar-refractivity contribution in [2.75, 3.05) is 0 Å². The van der Waals surface area contributed by atoms with Crippen molar-refractivity contribution >= 4 is 5.78 Å². The summed E-state index contributed by atoms with van der Waals surface area (Å²) in [4.78, 5) is 11.2. The van der Waals surface area contributed by atoms with Gasteiger partial charge in [0.1, 0.15) is 17.3 Å². The van der Waals surface area contributed by atoms with Gasteiger partial charge in [-0.05, 0) is 29.8 Å². The number of rotatable bonds is 3. The van der Waals surface area contributed by atoms with Crippen LogP contribution in [0.1, 0.15) is 18.4 Å². The largest absolute Gasteiger partial charge is 0.457 e. The molecule has 1 fully saturated rings. The Morgan fingerprint density at radius 1 is 0.950 bits per heavy atom. The van der Waals surface area contributed by atoms with Crippen LogP contribution in [0.5, 0.6) is 11.5 Å². The minimum Gasteiger partial charge on any atom is -0.457 e. The number of carbonyl (C=O) groups excluding carboxylic acids is 1. The molecule has 1 aliphatic rings. The molecule has 0 amide bonds. The lowest BCUT2D eigenvalue weighted by Crippen LogP contribution is -2.40. The molecule has 20 heavy (non-hydrogen) atoms. The second-order valence-electron chi connectivity index (χ2n) is 5.03. The van der Waals surface area contributed by atoms with Crippen LogP contribution in [0.15, 0.2) is 54.6 Å². The van der Waals surface area contributed by atoms with E-state index in [0.29, 0.717) is 12.8 Å². The van der Waals surface area contributed by atoms with Gasteiger partial charge >= 0.3 is 0 Å². The highest BCUT2D eigenvalue weighted by atomic mass is 16.5. The Bertz CT molecular complexity index is 660. The molecule has 0 bridgehead atoms. The molecule has 0 atom stereocenters. The first kappa shape index (κ1) is 12.4. The lowest BCUT2D eigenvalue weighted by atomic mass is 9.65. The van der Waals surface area contributed by atoms with Crippen molar-refractivity contribution in [1.29, 1.82) is 5.26 Å². The zero-order valence-electron chi connectivity index (χ0n) is 10.9. The van der Waals surface area contributed by atoms with Crippen LogP contribution in [0, 0.1) is 11.3 Å². The Labute approximate surface area is 117 Å². The predicted octanol–water partition coefficient (Wildman–Crippen LogP) is 3.60. The maximum atomic E-state index is 11.2. The molecule has 0 spiro atoms. The molecule has 0 aromatic heterocycles. The van der Waals surface area contributed by atoms with Gasteiger partial charge in [-0.25, -0.2) is 0 Å². The maximum absolute atomic E-state index is 11.2. The summed E-state index contributed by atoms with van der Waals surface area (Å²) < 4.78 is 5.70. The van der Waals surface area contributed by atoms with E-state index in [1.54, 1.807) is 0 Å². The first-order chi connectivity index (χ1) is 9.72. The van der Waals surface area contributed by atoms with Crippen LogP contribution < -0.4 is 4.74 Å². The molecule has 1 aliphatic carbocycles. The lowest BCUT2D eigenvalue weighted by molar-refractivity contribution is -0.126. The molecule has 2 aromatic rings. The van der Waals surface area contributed by atoms with E-state index in [-0.39, 0.29) is 5.78 Å². The Kier molecular flexibility index (Phi) is 3.00. The van der Waals surface area contributed by atoms with Gasteiger partial charge in [0.25, 0.3) is 0 Å². The van der Waals surface area contributed by atoms with E-state index in [1.165, 1.54) is 0 Å². The van der Waals surface area contributed by atoms with Gasteiger partial charge in [-0.2, -0.15) is 5.26 Å². The molecule has 1 saturated carbocycles. The fourth-order valence-corrected chi connectivity index (χ4v) is 2.44. The van der Waals surface area contributed by atoms with Crippen LogP contribution >= 0.6 is 0 Å². The molecule has 2 aromatic carbocycles. The van der Waals surface area contributed by atoms with Crippen molar-refractivity contribution in [1.82, 2.24) is 0 Å². The van der Waals surface area contributed by atoms with Gasteiger partial charge in [0, 0.05) is 12.8 Å². The van der Waals surface area contributed by atoms with Crippen LogP contribution in [-0.2, 0) is 10.2 Å². The number of hydrogen-bond donors (Lipinski definition) is 0. The maximum Gasteiger partial charge on any atom is 0.136 e. The molecular formula is C17H13NO2. The average molecular weight is 263 g/mol. The summed E-state index contributed by atoms with van der Waals surface area (Å²) in [6, 6.07) is 19.2. The summed E-state index contributed by atoms with van der Waals surface area (Å²) in [6.07, 6.45) is 0.644. The lowest BCUT2D eigenvalue weighted by Gasteiger charge is -2.34. The standard InChI is InChI=1S/C17H13NO2/c18-12-17(10-14(19)11-17)13-6-8-16(9-7-13)20-15-4-2-1-3-5-15/h1-9H,10-11H2. The third-order valence-electron chi connectivity index (χ3n) is 3.60. The minimum atomic E-state index is -0.623. The van der Waals surface area contributed by atoms with E-state index in [2.05, 4.69) is 6.07 Å². The molecule has 0 aliphatic heterocycles. The predicted molar refractivity (Wildman–Crippen MR) is 74.5 cm³/mol. The summed E-state index contributed by atoms with van der Waals surface area (Å²) in [7, 11) is 0. The van der Waals surface area contributed by atoms with E-state index in [1.807, 2.05) is 54.6 Å². The first-order valence-electron chi connectivity index (χ1n) is 6.48. The number of para-hydroxylation sites is 1. The molecule has 3 heteroatoms. The fraction of sp³-hybridized carbons (Fsp3) is 0.176. The second-order valence-corrected chi connectivity index (χ2v) is 5.03. The third kappa shape index (κ3) is 2.17. The SMILES string of the molecule is N#CC1(c2ccc(Oc3ccccc3)cc2)CC(=O)C1. The molecule has 3 rings (SSSR count). The monoisotopic (exact) mass is 263 g/mol. The van der Waals surface area contributed by atoms with Gasteiger partial charge in [-0.3, -0.25) is 4.79 Å². The molecule has 0 heterocycles. The smallest absolute Gasteiger partial charge is 0.136 e. The quantitative estimate of drug-likeness (QED) is 0.850. The van der Waals surface area contributed by atoms with Gasteiger partial charge < -0.3 is 4.74 Å². The van der Waals surface area contributed by atoms with E-state index in [4.69, 9.17) is 4.74 Å². The number of ketones is 1. The van der Waals surface area contributed by atoms with E-state index >= 15 is 0 Å². The van der Waals surface area contributed by atoms with Crippen LogP contribution in [-0.4, -0.2) is 5.78 Å². The topological polar surface area (TPSA) is 50.1 Å². The Balaban J connectivity index is 1.79. The number of hydrogen-bond acceptors (Lipinski definition) is 3. The summed E-state index contributed by atoms with van der Waals surface area (Å²) in [5, 5.41) is 9.28. The van der Waals surface area contributed by atoms with Crippen LogP contribution in [0.25, 0.3) is 0 Å². The van der Waals surface area contributed by atoms with Gasteiger partial charge in [0.05, 0.1) is 11.5 Å². The third-order valence-corrected chi connectivity index (χ3v) is 3.60. The fourth-order valence-electron chi connectivity index (χ4n) is 2.44. The Hall–Kier alpha value is -2.60. The van der Waals surface area contributed by atoms with Gasteiger partial charge in [0.2, 0.25) is 0 Å². The van der Waals surface area contributed by atoms with Crippen molar-refractivity contribution in [3.63, 3.8) is 0 Å². The zero-order chi connectivity index (χ0) is 14.0. The molecule has 0 N–H and O–H groups in total. The molecule has 0 unspecified atom stereocenters. The number of benzene rings is 2. The summed E-state index contributed by atoms with van der Waals surface area (Å²) in [5.41, 5.74) is 0.266. The van der Waals surface area contributed by atoms with Crippen molar-refractivity contribution in [3.8, 4) is 17.6 Å².